The summed E-state index contributed by atoms with van der Waals surface area (Å²) in [7, 11) is 0. The molecule has 1 heterocycles. The minimum atomic E-state index is -0.886. The first kappa shape index (κ1) is 16.5. The average molecular weight is 342 g/mol. The van der Waals surface area contributed by atoms with E-state index in [1.807, 2.05) is 42.6 Å². The third-order valence-corrected chi connectivity index (χ3v) is 5.26. The Bertz CT molecular complexity index is 719. The monoisotopic (exact) mass is 342 g/mol. The smallest absolute Gasteiger partial charge is 0.307 e. The Morgan fingerprint density at radius 2 is 1.92 bits per heavy atom. The van der Waals surface area contributed by atoms with Crippen molar-refractivity contribution in [1.29, 1.82) is 0 Å². The van der Waals surface area contributed by atoms with E-state index in [1.165, 1.54) is 0 Å². The molecule has 0 radical (unpaired) electrons. The molecule has 1 saturated carbocycles. The van der Waals surface area contributed by atoms with Gasteiger partial charge in [0.1, 0.15) is 0 Å². The van der Waals surface area contributed by atoms with Crippen LogP contribution in [0.25, 0.3) is 0 Å². The van der Waals surface area contributed by atoms with Gasteiger partial charge < -0.3 is 10.4 Å². The van der Waals surface area contributed by atoms with Crippen LogP contribution in [0.1, 0.15) is 18.4 Å². The second-order valence-electron chi connectivity index (χ2n) is 5.79. The Morgan fingerprint density at radius 1 is 1.17 bits per heavy atom. The van der Waals surface area contributed by atoms with E-state index >= 15 is 0 Å². The van der Waals surface area contributed by atoms with Crippen LogP contribution in [0.3, 0.4) is 0 Å². The van der Waals surface area contributed by atoms with Crippen molar-refractivity contribution in [3.8, 4) is 0 Å². The van der Waals surface area contributed by atoms with Gasteiger partial charge in [-0.1, -0.05) is 6.07 Å². The molecule has 1 aliphatic rings. The molecule has 124 valence electrons. The highest BCUT2D eigenvalue weighted by molar-refractivity contribution is 7.98. The van der Waals surface area contributed by atoms with Gasteiger partial charge in [0.25, 0.3) is 0 Å². The average Bonchev–Trinajstić information content (AvgIpc) is 2.53. The van der Waals surface area contributed by atoms with Crippen molar-refractivity contribution in [3.05, 3.63) is 54.4 Å². The summed E-state index contributed by atoms with van der Waals surface area (Å²) in [5.74, 6) is -1.21. The van der Waals surface area contributed by atoms with E-state index in [9.17, 15) is 9.59 Å². The third kappa shape index (κ3) is 3.94. The number of pyridine rings is 1. The number of rotatable bonds is 6. The summed E-state index contributed by atoms with van der Waals surface area (Å²) in [5, 5.41) is 11.8. The number of nitrogens with zero attached hydrogens (tertiary/aromatic N) is 1. The van der Waals surface area contributed by atoms with Gasteiger partial charge in [-0.05, 0) is 48.7 Å². The molecule has 0 saturated heterocycles. The first-order chi connectivity index (χ1) is 11.6. The number of hydrogen-bond donors (Lipinski definition) is 2. The number of carboxylic acids is 1. The molecule has 2 atom stereocenters. The zero-order chi connectivity index (χ0) is 16.9. The Balaban J connectivity index is 1.53. The minimum absolute atomic E-state index is 0.204. The Labute approximate surface area is 144 Å². The zero-order valence-corrected chi connectivity index (χ0v) is 13.8. The number of benzene rings is 1. The van der Waals surface area contributed by atoms with Crippen molar-refractivity contribution >= 4 is 29.3 Å². The molecule has 1 fully saturated rings. The molecule has 0 aliphatic heterocycles. The maximum absolute atomic E-state index is 12.1. The standard InChI is InChI=1S/C18H18N2O3S/c21-17(15-7-8-16(15)18(22)23)20-13-3-5-14(6-4-13)24-11-12-2-1-9-19-10-12/h1-6,9-10,15-16H,7-8,11H2,(H,20,21)(H,22,23). The predicted octanol–water partition coefficient (Wildman–Crippen LogP) is 3.42. The largest absolute Gasteiger partial charge is 0.481 e. The molecular formula is C18H18N2O3S. The Kier molecular flexibility index (Phi) is 5.15. The molecule has 0 bridgehead atoms. The van der Waals surface area contributed by atoms with Gasteiger partial charge in [-0.2, -0.15) is 0 Å². The van der Waals surface area contributed by atoms with Crippen LogP contribution >= 0.6 is 11.8 Å². The highest BCUT2D eigenvalue weighted by atomic mass is 32.2. The Hall–Kier alpha value is -2.34. The van der Waals surface area contributed by atoms with Gasteiger partial charge in [0.2, 0.25) is 5.91 Å². The summed E-state index contributed by atoms with van der Waals surface area (Å²) in [4.78, 5) is 28.3. The Morgan fingerprint density at radius 3 is 2.50 bits per heavy atom. The van der Waals surface area contributed by atoms with Crippen LogP contribution < -0.4 is 5.32 Å². The molecule has 6 heteroatoms. The summed E-state index contributed by atoms with van der Waals surface area (Å²) in [6.45, 7) is 0. The number of nitrogens with one attached hydrogen (secondary N) is 1. The summed E-state index contributed by atoms with van der Waals surface area (Å²) in [6.07, 6.45) is 4.82. The number of amides is 1. The fourth-order valence-corrected chi connectivity index (χ4v) is 3.46. The van der Waals surface area contributed by atoms with Crippen LogP contribution in [0.4, 0.5) is 5.69 Å². The lowest BCUT2D eigenvalue weighted by atomic mass is 9.73. The normalized spacial score (nSPS) is 19.3. The summed E-state index contributed by atoms with van der Waals surface area (Å²) >= 11 is 1.70. The molecule has 2 N–H and O–H groups in total. The minimum Gasteiger partial charge on any atom is -0.481 e. The lowest BCUT2D eigenvalue weighted by Crippen LogP contribution is -2.41. The molecule has 24 heavy (non-hydrogen) atoms. The van der Waals surface area contributed by atoms with Crippen molar-refractivity contribution in [1.82, 2.24) is 4.98 Å². The summed E-state index contributed by atoms with van der Waals surface area (Å²) in [5.41, 5.74) is 1.85. The van der Waals surface area contributed by atoms with E-state index in [2.05, 4.69) is 10.3 Å². The van der Waals surface area contributed by atoms with Crippen LogP contribution in [0.15, 0.2) is 53.7 Å². The van der Waals surface area contributed by atoms with Gasteiger partial charge in [-0.25, -0.2) is 0 Å². The number of anilines is 1. The molecule has 1 aromatic heterocycles. The van der Waals surface area contributed by atoms with E-state index in [0.29, 0.717) is 18.5 Å². The van der Waals surface area contributed by atoms with Crippen LogP contribution in [0.2, 0.25) is 0 Å². The lowest BCUT2D eigenvalue weighted by Gasteiger charge is -2.31. The number of aliphatic carboxylic acids is 1. The molecule has 5 nitrogen and oxygen atoms in total. The van der Waals surface area contributed by atoms with Crippen LogP contribution in [0, 0.1) is 11.8 Å². The van der Waals surface area contributed by atoms with Gasteiger partial charge in [0.05, 0.1) is 11.8 Å². The summed E-state index contributed by atoms with van der Waals surface area (Å²) in [6, 6.07) is 11.5. The fourth-order valence-electron chi connectivity index (χ4n) is 2.63. The van der Waals surface area contributed by atoms with Gasteiger partial charge in [0.15, 0.2) is 0 Å². The van der Waals surface area contributed by atoms with E-state index < -0.39 is 17.8 Å². The number of carbonyl (C=O) groups is 2. The van der Waals surface area contributed by atoms with Gasteiger partial charge in [-0.3, -0.25) is 14.6 Å². The van der Waals surface area contributed by atoms with E-state index in [1.54, 1.807) is 18.0 Å². The highest BCUT2D eigenvalue weighted by Gasteiger charge is 2.41. The number of hydrogen-bond acceptors (Lipinski definition) is 4. The third-order valence-electron chi connectivity index (χ3n) is 4.18. The van der Waals surface area contributed by atoms with Gasteiger partial charge in [-0.15, -0.1) is 11.8 Å². The van der Waals surface area contributed by atoms with Crippen LogP contribution in [-0.4, -0.2) is 22.0 Å². The van der Waals surface area contributed by atoms with E-state index in [-0.39, 0.29) is 5.91 Å². The first-order valence-corrected chi connectivity index (χ1v) is 8.77. The molecule has 1 amide bonds. The van der Waals surface area contributed by atoms with Crippen molar-refractivity contribution in [2.45, 2.75) is 23.5 Å². The fraction of sp³-hybridized carbons (Fsp3) is 0.278. The maximum Gasteiger partial charge on any atom is 0.307 e. The predicted molar refractivity (Wildman–Crippen MR) is 92.7 cm³/mol. The van der Waals surface area contributed by atoms with E-state index in [0.717, 1.165) is 16.2 Å². The molecule has 1 aliphatic carbocycles. The molecular weight excluding hydrogens is 324 g/mol. The van der Waals surface area contributed by atoms with Crippen LogP contribution in [-0.2, 0) is 15.3 Å². The summed E-state index contributed by atoms with van der Waals surface area (Å²) < 4.78 is 0. The molecule has 0 spiro atoms. The van der Waals surface area contributed by atoms with Crippen molar-refractivity contribution < 1.29 is 14.7 Å². The number of carbonyl (C=O) groups excluding carboxylic acids is 1. The molecule has 2 aromatic rings. The van der Waals surface area contributed by atoms with Crippen LogP contribution in [0.5, 0.6) is 0 Å². The van der Waals surface area contributed by atoms with Crippen molar-refractivity contribution in [3.63, 3.8) is 0 Å². The SMILES string of the molecule is O=C(O)C1CCC1C(=O)Nc1ccc(SCc2cccnc2)cc1. The van der Waals surface area contributed by atoms with Crippen molar-refractivity contribution in [2.24, 2.45) is 11.8 Å². The molecule has 1 aromatic carbocycles. The van der Waals surface area contributed by atoms with Gasteiger partial charge in [0, 0.05) is 28.7 Å². The first-order valence-electron chi connectivity index (χ1n) is 7.79. The van der Waals surface area contributed by atoms with E-state index in [4.69, 9.17) is 5.11 Å². The van der Waals surface area contributed by atoms with Gasteiger partial charge >= 0.3 is 5.97 Å². The number of aromatic nitrogens is 1. The highest BCUT2D eigenvalue weighted by Crippen LogP contribution is 2.35. The number of thioether (sulfide) groups is 1. The molecule has 2 unspecified atom stereocenters. The zero-order valence-electron chi connectivity index (χ0n) is 13.0. The maximum atomic E-state index is 12.1. The second-order valence-corrected chi connectivity index (χ2v) is 6.84. The molecule has 3 rings (SSSR count). The quantitative estimate of drug-likeness (QED) is 0.786. The van der Waals surface area contributed by atoms with Crippen molar-refractivity contribution in [2.75, 3.05) is 5.32 Å². The topological polar surface area (TPSA) is 79.3 Å². The number of carboxylic acid groups (broad SMARTS) is 1. The second kappa shape index (κ2) is 7.49. The lowest BCUT2D eigenvalue weighted by molar-refractivity contribution is -0.151.